The van der Waals surface area contributed by atoms with Crippen molar-refractivity contribution >= 4 is 11.7 Å². The Labute approximate surface area is 145 Å². The van der Waals surface area contributed by atoms with Crippen LogP contribution in [-0.2, 0) is 0 Å². The van der Waals surface area contributed by atoms with Gasteiger partial charge in [0, 0.05) is 24.3 Å². The van der Waals surface area contributed by atoms with Gasteiger partial charge in [-0.1, -0.05) is 12.1 Å². The monoisotopic (exact) mass is 340 g/mol. The van der Waals surface area contributed by atoms with E-state index < -0.39 is 6.10 Å². The number of carbonyl (C=O) groups is 1. The van der Waals surface area contributed by atoms with E-state index >= 15 is 0 Å². The first-order valence-electron chi connectivity index (χ1n) is 8.00. The van der Waals surface area contributed by atoms with Crippen LogP contribution in [0.25, 0.3) is 11.3 Å². The van der Waals surface area contributed by atoms with Crippen molar-refractivity contribution in [3.63, 3.8) is 0 Å². The van der Waals surface area contributed by atoms with Gasteiger partial charge in [0.1, 0.15) is 11.9 Å². The largest absolute Gasteiger partial charge is 0.467 e. The quantitative estimate of drug-likeness (QED) is 0.553. The summed E-state index contributed by atoms with van der Waals surface area (Å²) in [5.74, 6) is 0.489. The number of anilines is 1. The van der Waals surface area contributed by atoms with E-state index in [1.807, 2.05) is 37.3 Å². The van der Waals surface area contributed by atoms with Crippen molar-refractivity contribution in [2.75, 3.05) is 5.32 Å². The number of hydrogen-bond acceptors (Lipinski definition) is 4. The van der Waals surface area contributed by atoms with Crippen molar-refractivity contribution in [3.05, 3.63) is 60.7 Å². The predicted molar refractivity (Wildman–Crippen MR) is 93.9 cm³/mol. The number of amides is 2. The van der Waals surface area contributed by atoms with Crippen LogP contribution in [0.1, 0.15) is 25.2 Å². The predicted octanol–water partition coefficient (Wildman–Crippen LogP) is 3.30. The lowest BCUT2D eigenvalue weighted by atomic mass is 10.1. The van der Waals surface area contributed by atoms with Crippen LogP contribution in [0.15, 0.2) is 59.3 Å². The van der Waals surface area contributed by atoms with E-state index in [0.29, 0.717) is 17.9 Å². The zero-order valence-corrected chi connectivity index (χ0v) is 13.8. The second kappa shape index (κ2) is 7.67. The maximum absolute atomic E-state index is 12.1. The van der Waals surface area contributed by atoms with Crippen LogP contribution in [0.3, 0.4) is 0 Å². The van der Waals surface area contributed by atoms with Crippen molar-refractivity contribution in [2.45, 2.75) is 25.5 Å². The molecule has 2 atom stereocenters. The third-order valence-corrected chi connectivity index (χ3v) is 3.78. The molecule has 7 nitrogen and oxygen atoms in total. The summed E-state index contributed by atoms with van der Waals surface area (Å²) in [6.07, 6.45) is 2.81. The third kappa shape index (κ3) is 4.48. The van der Waals surface area contributed by atoms with Crippen molar-refractivity contribution in [2.24, 2.45) is 0 Å². The van der Waals surface area contributed by atoms with Crippen LogP contribution in [-0.4, -0.2) is 27.4 Å². The average molecular weight is 340 g/mol. The normalized spacial score (nSPS) is 13.2. The second-order valence-corrected chi connectivity index (χ2v) is 5.81. The number of benzene rings is 1. The Balaban J connectivity index is 1.50. The first-order valence-corrected chi connectivity index (χ1v) is 8.00. The van der Waals surface area contributed by atoms with Crippen LogP contribution in [0.5, 0.6) is 0 Å². The molecule has 0 aliphatic rings. The molecule has 2 heterocycles. The lowest BCUT2D eigenvalue weighted by molar-refractivity contribution is 0.130. The van der Waals surface area contributed by atoms with Crippen LogP contribution >= 0.6 is 0 Å². The Morgan fingerprint density at radius 2 is 2.08 bits per heavy atom. The number of furan rings is 1. The Bertz CT molecular complexity index is 782. The number of H-pyrrole nitrogens is 1. The molecule has 25 heavy (non-hydrogen) atoms. The smallest absolute Gasteiger partial charge is 0.319 e. The van der Waals surface area contributed by atoms with Crippen molar-refractivity contribution in [1.29, 1.82) is 0 Å². The molecule has 0 radical (unpaired) electrons. The molecule has 130 valence electrons. The van der Waals surface area contributed by atoms with Gasteiger partial charge in [-0.3, -0.25) is 5.10 Å². The zero-order chi connectivity index (χ0) is 17.6. The number of aromatic nitrogens is 2. The highest BCUT2D eigenvalue weighted by Crippen LogP contribution is 2.20. The molecule has 3 aromatic rings. The zero-order valence-electron chi connectivity index (χ0n) is 13.8. The van der Waals surface area contributed by atoms with Crippen LogP contribution in [0.2, 0.25) is 0 Å². The number of aliphatic hydroxyl groups is 1. The fraction of sp³-hybridized carbons (Fsp3) is 0.222. The summed E-state index contributed by atoms with van der Waals surface area (Å²) >= 11 is 0. The minimum atomic E-state index is -0.751. The molecule has 0 spiro atoms. The number of nitrogens with zero attached hydrogens (tertiary/aromatic N) is 1. The molecule has 1 aromatic carbocycles. The standard InChI is InChI=1S/C18H20N4O3/c1-12(11-16(23)17-3-2-10-25-17)20-18(24)21-14-6-4-13(5-7-14)15-8-9-19-22-15/h2-10,12,16,23H,11H2,1H3,(H,19,22)(H2,20,21,24). The Morgan fingerprint density at radius 1 is 1.28 bits per heavy atom. The van der Waals surface area contributed by atoms with E-state index in [-0.39, 0.29) is 12.1 Å². The van der Waals surface area contributed by atoms with Gasteiger partial charge in [-0.05, 0) is 42.8 Å². The van der Waals surface area contributed by atoms with Gasteiger partial charge in [0.15, 0.2) is 0 Å². The molecule has 0 aliphatic heterocycles. The highest BCUT2D eigenvalue weighted by Gasteiger charge is 2.16. The molecule has 7 heteroatoms. The number of carbonyl (C=O) groups excluding carboxylic acids is 1. The lowest BCUT2D eigenvalue weighted by Crippen LogP contribution is -2.37. The lowest BCUT2D eigenvalue weighted by Gasteiger charge is -2.17. The molecule has 0 bridgehead atoms. The SMILES string of the molecule is CC(CC(O)c1ccco1)NC(=O)Nc1ccc(-c2ccn[nH]2)cc1. The van der Waals surface area contributed by atoms with E-state index in [1.54, 1.807) is 18.3 Å². The van der Waals surface area contributed by atoms with E-state index in [0.717, 1.165) is 11.3 Å². The highest BCUT2D eigenvalue weighted by atomic mass is 16.4. The van der Waals surface area contributed by atoms with Gasteiger partial charge in [0.05, 0.1) is 12.0 Å². The molecule has 0 fully saturated rings. The molecule has 4 N–H and O–H groups in total. The summed E-state index contributed by atoms with van der Waals surface area (Å²) < 4.78 is 5.15. The molecule has 2 aromatic heterocycles. The number of hydrogen-bond donors (Lipinski definition) is 4. The first kappa shape index (κ1) is 16.8. The first-order chi connectivity index (χ1) is 12.1. The van der Waals surface area contributed by atoms with E-state index in [2.05, 4.69) is 20.8 Å². The fourth-order valence-electron chi connectivity index (χ4n) is 2.53. The summed E-state index contributed by atoms with van der Waals surface area (Å²) in [6, 6.07) is 12.2. The maximum Gasteiger partial charge on any atom is 0.319 e. The number of nitrogens with one attached hydrogen (secondary N) is 3. The molecule has 0 saturated carbocycles. The Morgan fingerprint density at radius 3 is 2.72 bits per heavy atom. The van der Waals surface area contributed by atoms with Gasteiger partial charge in [0.2, 0.25) is 0 Å². The van der Waals surface area contributed by atoms with E-state index in [9.17, 15) is 9.90 Å². The van der Waals surface area contributed by atoms with Crippen LogP contribution in [0, 0.1) is 0 Å². The van der Waals surface area contributed by atoms with Crippen molar-refractivity contribution in [1.82, 2.24) is 15.5 Å². The molecular formula is C18H20N4O3. The minimum absolute atomic E-state index is 0.218. The van der Waals surface area contributed by atoms with Gasteiger partial charge in [-0.25, -0.2) is 4.79 Å². The summed E-state index contributed by atoms with van der Waals surface area (Å²) in [4.78, 5) is 12.1. The summed E-state index contributed by atoms with van der Waals surface area (Å²) in [5.41, 5.74) is 2.58. The Hall–Kier alpha value is -3.06. The van der Waals surface area contributed by atoms with Gasteiger partial charge in [-0.2, -0.15) is 5.10 Å². The molecule has 2 unspecified atom stereocenters. The topological polar surface area (TPSA) is 103 Å². The number of urea groups is 1. The third-order valence-electron chi connectivity index (χ3n) is 3.78. The average Bonchev–Trinajstić information content (AvgIpc) is 3.29. The molecule has 2 amide bonds. The number of aliphatic hydroxyl groups excluding tert-OH is 1. The van der Waals surface area contributed by atoms with Gasteiger partial charge in [0.25, 0.3) is 0 Å². The van der Waals surface area contributed by atoms with E-state index in [1.165, 1.54) is 6.26 Å². The molecule has 0 saturated heterocycles. The highest BCUT2D eigenvalue weighted by molar-refractivity contribution is 5.89. The minimum Gasteiger partial charge on any atom is -0.467 e. The molecular weight excluding hydrogens is 320 g/mol. The number of rotatable bonds is 6. The number of aromatic amines is 1. The Kier molecular flexibility index (Phi) is 5.15. The van der Waals surface area contributed by atoms with Crippen LogP contribution < -0.4 is 10.6 Å². The van der Waals surface area contributed by atoms with E-state index in [4.69, 9.17) is 4.42 Å². The van der Waals surface area contributed by atoms with Gasteiger partial charge < -0.3 is 20.2 Å². The maximum atomic E-state index is 12.1. The van der Waals surface area contributed by atoms with Crippen LogP contribution in [0.4, 0.5) is 10.5 Å². The fourth-order valence-corrected chi connectivity index (χ4v) is 2.53. The van der Waals surface area contributed by atoms with Gasteiger partial charge >= 0.3 is 6.03 Å². The molecule has 0 aliphatic carbocycles. The van der Waals surface area contributed by atoms with Crippen molar-refractivity contribution < 1.29 is 14.3 Å². The van der Waals surface area contributed by atoms with Crippen molar-refractivity contribution in [3.8, 4) is 11.3 Å². The summed E-state index contributed by atoms with van der Waals surface area (Å²) in [7, 11) is 0. The van der Waals surface area contributed by atoms with Gasteiger partial charge in [-0.15, -0.1) is 0 Å². The molecule has 3 rings (SSSR count). The second-order valence-electron chi connectivity index (χ2n) is 5.81. The summed E-state index contributed by atoms with van der Waals surface area (Å²) in [6.45, 7) is 1.83. The summed E-state index contributed by atoms with van der Waals surface area (Å²) in [5, 5.41) is 22.4.